The highest BCUT2D eigenvalue weighted by Crippen LogP contribution is 2.23. The van der Waals surface area contributed by atoms with Crippen LogP contribution >= 0.6 is 11.3 Å². The molecule has 28 heavy (non-hydrogen) atoms. The van der Waals surface area contributed by atoms with Crippen molar-refractivity contribution >= 4 is 34.6 Å². The number of rotatable bonds is 7. The van der Waals surface area contributed by atoms with Gasteiger partial charge in [0.25, 0.3) is 0 Å². The van der Waals surface area contributed by atoms with Crippen LogP contribution in [0.4, 0.5) is 16.2 Å². The van der Waals surface area contributed by atoms with Crippen LogP contribution in [0.15, 0.2) is 66.8 Å². The molecule has 0 saturated carbocycles. The Morgan fingerprint density at radius 1 is 1.11 bits per heavy atom. The van der Waals surface area contributed by atoms with Gasteiger partial charge in [0.2, 0.25) is 5.91 Å². The fourth-order valence-corrected chi connectivity index (χ4v) is 3.17. The summed E-state index contributed by atoms with van der Waals surface area (Å²) in [4.78, 5) is 32.4. The van der Waals surface area contributed by atoms with Crippen LogP contribution in [0, 0.1) is 0 Å². The second kappa shape index (κ2) is 9.43. The normalized spacial score (nSPS) is 10.1. The van der Waals surface area contributed by atoms with Gasteiger partial charge in [0.15, 0.2) is 0 Å². The van der Waals surface area contributed by atoms with Gasteiger partial charge in [-0.15, -0.1) is 17.9 Å². The zero-order valence-electron chi connectivity index (χ0n) is 15.0. The van der Waals surface area contributed by atoms with Crippen LogP contribution in [0.1, 0.15) is 5.69 Å². The number of nitrogens with one attached hydrogen (secondary N) is 3. The Kier molecular flexibility index (Phi) is 6.48. The molecule has 0 bridgehead atoms. The molecule has 0 radical (unpaired) electrons. The number of nitrogens with zero attached hydrogens (tertiary/aromatic N) is 2. The summed E-state index contributed by atoms with van der Waals surface area (Å²) in [5.74, 6) is -0.160. The van der Waals surface area contributed by atoms with Gasteiger partial charge >= 0.3 is 6.03 Å². The lowest BCUT2D eigenvalue weighted by Gasteiger charge is -2.08. The first-order valence-corrected chi connectivity index (χ1v) is 9.42. The molecule has 0 aliphatic heterocycles. The first kappa shape index (κ1) is 19.2. The van der Waals surface area contributed by atoms with Gasteiger partial charge in [-0.05, 0) is 36.4 Å². The van der Waals surface area contributed by atoms with E-state index in [0.29, 0.717) is 23.6 Å². The first-order valence-electron chi connectivity index (χ1n) is 8.54. The maximum atomic E-state index is 12.3. The summed E-state index contributed by atoms with van der Waals surface area (Å²) in [6.07, 6.45) is 5.23. The van der Waals surface area contributed by atoms with Crippen molar-refractivity contribution in [1.82, 2.24) is 15.3 Å². The minimum Gasteiger partial charge on any atom is -0.334 e. The van der Waals surface area contributed by atoms with E-state index >= 15 is 0 Å². The van der Waals surface area contributed by atoms with Crippen molar-refractivity contribution in [3.63, 3.8) is 0 Å². The molecule has 0 unspecified atom stereocenters. The average Bonchev–Trinajstić information content (AvgIpc) is 3.17. The quantitative estimate of drug-likeness (QED) is 0.533. The summed E-state index contributed by atoms with van der Waals surface area (Å²) < 4.78 is 0. The smallest absolute Gasteiger partial charge is 0.319 e. The van der Waals surface area contributed by atoms with Crippen molar-refractivity contribution in [2.45, 2.75) is 6.42 Å². The third-order valence-corrected chi connectivity index (χ3v) is 4.58. The van der Waals surface area contributed by atoms with Crippen LogP contribution in [0.3, 0.4) is 0 Å². The summed E-state index contributed by atoms with van der Waals surface area (Å²) in [5.41, 5.74) is 2.91. The first-order chi connectivity index (χ1) is 13.6. The fraction of sp³-hybridized carbons (Fsp3) is 0.100. The molecular formula is C20H19N5O2S. The zero-order chi connectivity index (χ0) is 19.8. The van der Waals surface area contributed by atoms with Crippen molar-refractivity contribution < 1.29 is 9.59 Å². The number of urea groups is 1. The number of amides is 3. The van der Waals surface area contributed by atoms with Crippen molar-refractivity contribution in [3.05, 3.63) is 72.5 Å². The highest BCUT2D eigenvalue weighted by Gasteiger charge is 2.10. The maximum Gasteiger partial charge on any atom is 0.319 e. The topological polar surface area (TPSA) is 96.0 Å². The van der Waals surface area contributed by atoms with E-state index in [9.17, 15) is 9.59 Å². The van der Waals surface area contributed by atoms with Crippen molar-refractivity contribution in [2.24, 2.45) is 0 Å². The van der Waals surface area contributed by atoms with Crippen LogP contribution in [-0.2, 0) is 11.2 Å². The minimum absolute atomic E-state index is 0.160. The Labute approximate surface area is 166 Å². The molecule has 0 saturated heterocycles. The lowest BCUT2D eigenvalue weighted by Crippen LogP contribution is -2.28. The molecule has 2 aromatic heterocycles. The van der Waals surface area contributed by atoms with Gasteiger partial charge in [0, 0.05) is 41.3 Å². The van der Waals surface area contributed by atoms with E-state index in [4.69, 9.17) is 0 Å². The van der Waals surface area contributed by atoms with Gasteiger partial charge in [-0.25, -0.2) is 9.78 Å². The van der Waals surface area contributed by atoms with Crippen molar-refractivity contribution in [1.29, 1.82) is 0 Å². The molecule has 0 atom stereocenters. The highest BCUT2D eigenvalue weighted by molar-refractivity contribution is 7.13. The number of pyridine rings is 1. The number of benzene rings is 1. The number of aromatic nitrogens is 2. The molecule has 0 aliphatic rings. The van der Waals surface area contributed by atoms with Gasteiger partial charge in [0.05, 0.1) is 12.1 Å². The Bertz CT molecular complexity index is 954. The van der Waals surface area contributed by atoms with Gasteiger partial charge in [-0.1, -0.05) is 6.08 Å². The molecule has 2 heterocycles. The minimum atomic E-state index is -0.315. The van der Waals surface area contributed by atoms with Gasteiger partial charge < -0.3 is 16.0 Å². The fourth-order valence-electron chi connectivity index (χ4n) is 2.36. The number of anilines is 2. The van der Waals surface area contributed by atoms with Crippen LogP contribution < -0.4 is 16.0 Å². The predicted octanol–water partition coefficient (Wildman–Crippen LogP) is 3.69. The monoisotopic (exact) mass is 393 g/mol. The van der Waals surface area contributed by atoms with Crippen molar-refractivity contribution in [2.75, 3.05) is 17.2 Å². The summed E-state index contributed by atoms with van der Waals surface area (Å²) in [6.45, 7) is 3.92. The third kappa shape index (κ3) is 5.49. The molecule has 7 nitrogen and oxygen atoms in total. The number of carbonyl (C=O) groups is 2. The molecule has 3 N–H and O–H groups in total. The second-order valence-electron chi connectivity index (χ2n) is 5.81. The van der Waals surface area contributed by atoms with E-state index in [0.717, 1.165) is 10.6 Å². The van der Waals surface area contributed by atoms with Crippen LogP contribution in [0.2, 0.25) is 0 Å². The molecule has 3 aromatic rings. The molecule has 1 aromatic carbocycles. The van der Waals surface area contributed by atoms with Crippen LogP contribution in [-0.4, -0.2) is 28.5 Å². The lowest BCUT2D eigenvalue weighted by atomic mass is 10.2. The Hall–Kier alpha value is -3.52. The highest BCUT2D eigenvalue weighted by atomic mass is 32.1. The molecule has 3 rings (SSSR count). The lowest BCUT2D eigenvalue weighted by molar-refractivity contribution is -0.115. The SMILES string of the molecule is C=CCNC(=O)Nc1ccc(NC(=O)Cc2csc(-c3cccnc3)n2)cc1. The van der Waals surface area contributed by atoms with Gasteiger partial charge in [-0.3, -0.25) is 9.78 Å². The maximum absolute atomic E-state index is 12.3. The Morgan fingerprint density at radius 2 is 1.86 bits per heavy atom. The van der Waals surface area contributed by atoms with E-state index in [1.54, 1.807) is 42.7 Å². The molecule has 0 spiro atoms. The van der Waals surface area contributed by atoms with E-state index in [2.05, 4.69) is 32.5 Å². The molecule has 0 fully saturated rings. The third-order valence-electron chi connectivity index (χ3n) is 3.64. The predicted molar refractivity (Wildman–Crippen MR) is 111 cm³/mol. The summed E-state index contributed by atoms with van der Waals surface area (Å²) in [6, 6.07) is 10.4. The van der Waals surface area contributed by atoms with Crippen LogP contribution in [0.5, 0.6) is 0 Å². The Balaban J connectivity index is 1.53. The molecule has 142 valence electrons. The summed E-state index contributed by atoms with van der Waals surface area (Å²) in [5, 5.41) is 10.8. The van der Waals surface area contributed by atoms with E-state index < -0.39 is 0 Å². The summed E-state index contributed by atoms with van der Waals surface area (Å²) >= 11 is 1.48. The standard InChI is InChI=1S/C20H19N5O2S/c1-2-9-22-20(27)25-16-7-5-15(6-8-16)23-18(26)11-17-13-28-19(24-17)14-4-3-10-21-12-14/h2-8,10,12-13H,1,9,11H2,(H,23,26)(H2,22,25,27). The Morgan fingerprint density at radius 3 is 2.54 bits per heavy atom. The van der Waals surface area contributed by atoms with Gasteiger partial charge in [0.1, 0.15) is 5.01 Å². The van der Waals surface area contributed by atoms with E-state index in [1.807, 2.05) is 17.5 Å². The van der Waals surface area contributed by atoms with Crippen molar-refractivity contribution in [3.8, 4) is 10.6 Å². The van der Waals surface area contributed by atoms with E-state index in [1.165, 1.54) is 11.3 Å². The van der Waals surface area contributed by atoms with E-state index in [-0.39, 0.29) is 18.4 Å². The second-order valence-corrected chi connectivity index (χ2v) is 6.67. The van der Waals surface area contributed by atoms with Crippen LogP contribution in [0.25, 0.3) is 10.6 Å². The largest absolute Gasteiger partial charge is 0.334 e. The molecule has 0 aliphatic carbocycles. The average molecular weight is 393 g/mol. The molecular weight excluding hydrogens is 374 g/mol. The van der Waals surface area contributed by atoms with Gasteiger partial charge in [-0.2, -0.15) is 0 Å². The number of hydrogen-bond donors (Lipinski definition) is 3. The number of carbonyl (C=O) groups excluding carboxylic acids is 2. The molecule has 3 amide bonds. The number of thiazole rings is 1. The summed E-state index contributed by atoms with van der Waals surface area (Å²) in [7, 11) is 0. The number of hydrogen-bond acceptors (Lipinski definition) is 5. The molecule has 8 heteroatoms. The zero-order valence-corrected chi connectivity index (χ0v) is 15.8.